The second kappa shape index (κ2) is 5.89. The number of hydrogen-bond donors (Lipinski definition) is 0. The standard InChI is InChI=1S/C12H7ClN2O4S/c13-12-10(15(18)19)6-8(14(16)17)7-11(12)20-9-4-2-1-3-5-9/h1-7H. The van der Waals surface area contributed by atoms with Gasteiger partial charge in [-0.05, 0) is 12.1 Å². The van der Waals surface area contributed by atoms with Gasteiger partial charge in [-0.3, -0.25) is 20.2 Å². The van der Waals surface area contributed by atoms with Crippen LogP contribution >= 0.6 is 23.4 Å². The lowest BCUT2D eigenvalue weighted by atomic mass is 10.3. The Bertz CT molecular complexity index is 679. The molecule has 2 rings (SSSR count). The third-order valence-corrected chi connectivity index (χ3v) is 3.94. The van der Waals surface area contributed by atoms with E-state index in [9.17, 15) is 20.2 Å². The zero-order valence-electron chi connectivity index (χ0n) is 9.86. The van der Waals surface area contributed by atoms with Gasteiger partial charge < -0.3 is 0 Å². The molecule has 2 aromatic carbocycles. The molecule has 8 heteroatoms. The predicted molar refractivity (Wildman–Crippen MR) is 75.3 cm³/mol. The van der Waals surface area contributed by atoms with Gasteiger partial charge in [0.05, 0.1) is 15.9 Å². The molecule has 0 saturated carbocycles. The topological polar surface area (TPSA) is 86.3 Å². The zero-order chi connectivity index (χ0) is 14.7. The van der Waals surface area contributed by atoms with E-state index in [0.29, 0.717) is 0 Å². The fourth-order valence-electron chi connectivity index (χ4n) is 1.50. The minimum absolute atomic E-state index is 0.102. The number of rotatable bonds is 4. The SMILES string of the molecule is O=[N+]([O-])c1cc(Sc2ccccc2)c(Cl)c([N+](=O)[O-])c1. The maximum Gasteiger partial charge on any atom is 0.295 e. The molecule has 2 aromatic rings. The number of non-ortho nitro benzene ring substituents is 1. The Morgan fingerprint density at radius 3 is 2.20 bits per heavy atom. The monoisotopic (exact) mass is 310 g/mol. The summed E-state index contributed by atoms with van der Waals surface area (Å²) in [5.41, 5.74) is -0.834. The molecule has 6 nitrogen and oxygen atoms in total. The molecule has 0 aliphatic carbocycles. The highest BCUT2D eigenvalue weighted by atomic mass is 35.5. The molecule has 20 heavy (non-hydrogen) atoms. The van der Waals surface area contributed by atoms with E-state index >= 15 is 0 Å². The van der Waals surface area contributed by atoms with Crippen LogP contribution < -0.4 is 0 Å². The van der Waals surface area contributed by atoms with Crippen LogP contribution in [0, 0.1) is 20.2 Å². The number of nitro groups is 2. The van der Waals surface area contributed by atoms with Gasteiger partial charge in [-0.2, -0.15) is 0 Å². The first-order valence-electron chi connectivity index (χ1n) is 5.34. The molecule has 0 unspecified atom stereocenters. The Morgan fingerprint density at radius 1 is 1.00 bits per heavy atom. The molecule has 102 valence electrons. The van der Waals surface area contributed by atoms with E-state index in [1.165, 1.54) is 6.07 Å². The van der Waals surface area contributed by atoms with Crippen LogP contribution in [0.25, 0.3) is 0 Å². The molecule has 0 aliphatic rings. The van der Waals surface area contributed by atoms with Crippen molar-refractivity contribution >= 4 is 34.7 Å². The van der Waals surface area contributed by atoms with Gasteiger partial charge in [0.1, 0.15) is 5.02 Å². The molecule has 0 N–H and O–H groups in total. The minimum atomic E-state index is -0.732. The van der Waals surface area contributed by atoms with Crippen molar-refractivity contribution in [1.29, 1.82) is 0 Å². The van der Waals surface area contributed by atoms with Crippen LogP contribution in [0.15, 0.2) is 52.3 Å². The predicted octanol–water partition coefficient (Wildman–Crippen LogP) is 4.31. The number of nitro benzene ring substituents is 2. The van der Waals surface area contributed by atoms with Crippen molar-refractivity contribution in [1.82, 2.24) is 0 Å². The average molecular weight is 311 g/mol. The maximum atomic E-state index is 10.9. The molecule has 0 spiro atoms. The number of hydrogen-bond acceptors (Lipinski definition) is 5. The molecule has 0 atom stereocenters. The maximum absolute atomic E-state index is 10.9. The Labute approximate surface area is 122 Å². The van der Waals surface area contributed by atoms with E-state index in [1.54, 1.807) is 24.3 Å². The third-order valence-electron chi connectivity index (χ3n) is 2.38. The number of nitrogens with zero attached hydrogens (tertiary/aromatic N) is 2. The largest absolute Gasteiger partial charge is 0.295 e. The highest BCUT2D eigenvalue weighted by molar-refractivity contribution is 7.99. The van der Waals surface area contributed by atoms with E-state index in [2.05, 4.69) is 0 Å². The lowest BCUT2D eigenvalue weighted by molar-refractivity contribution is -0.394. The van der Waals surface area contributed by atoms with E-state index < -0.39 is 15.5 Å². The Morgan fingerprint density at radius 2 is 1.65 bits per heavy atom. The molecule has 0 bridgehead atoms. The normalized spacial score (nSPS) is 10.2. The van der Waals surface area contributed by atoms with Crippen molar-refractivity contribution < 1.29 is 9.85 Å². The summed E-state index contributed by atoms with van der Waals surface area (Å²) in [7, 11) is 0. The van der Waals surface area contributed by atoms with E-state index in [1.807, 2.05) is 6.07 Å². The summed E-state index contributed by atoms with van der Waals surface area (Å²) in [6.45, 7) is 0. The van der Waals surface area contributed by atoms with Crippen molar-refractivity contribution in [3.05, 3.63) is 67.7 Å². The highest BCUT2D eigenvalue weighted by Gasteiger charge is 2.23. The first-order chi connectivity index (χ1) is 9.49. The first kappa shape index (κ1) is 14.3. The summed E-state index contributed by atoms with van der Waals surface area (Å²) >= 11 is 7.08. The smallest absolute Gasteiger partial charge is 0.258 e. The van der Waals surface area contributed by atoms with Gasteiger partial charge in [0.25, 0.3) is 11.4 Å². The van der Waals surface area contributed by atoms with Crippen LogP contribution in [0.3, 0.4) is 0 Å². The summed E-state index contributed by atoms with van der Waals surface area (Å²) in [5.74, 6) is 0. The molecule has 0 fully saturated rings. The summed E-state index contributed by atoms with van der Waals surface area (Å²) in [4.78, 5) is 21.4. The van der Waals surface area contributed by atoms with Gasteiger partial charge in [-0.1, -0.05) is 41.6 Å². The Hall–Kier alpha value is -2.12. The molecular weight excluding hydrogens is 304 g/mol. The van der Waals surface area contributed by atoms with Crippen LogP contribution in [-0.4, -0.2) is 9.85 Å². The number of benzene rings is 2. The van der Waals surface area contributed by atoms with Gasteiger partial charge in [0.15, 0.2) is 0 Å². The number of halogens is 1. The minimum Gasteiger partial charge on any atom is -0.258 e. The van der Waals surface area contributed by atoms with Gasteiger partial charge >= 0.3 is 0 Å². The van der Waals surface area contributed by atoms with E-state index in [-0.39, 0.29) is 15.6 Å². The molecule has 0 amide bonds. The van der Waals surface area contributed by atoms with Gasteiger partial charge in [-0.25, -0.2) is 0 Å². The molecule has 0 aromatic heterocycles. The first-order valence-corrected chi connectivity index (χ1v) is 6.53. The summed E-state index contributed by atoms with van der Waals surface area (Å²) < 4.78 is 0. The fourth-order valence-corrected chi connectivity index (χ4v) is 2.71. The molecule has 0 saturated heterocycles. The van der Waals surface area contributed by atoms with E-state index in [4.69, 9.17) is 11.6 Å². The van der Waals surface area contributed by atoms with Gasteiger partial charge in [-0.15, -0.1) is 0 Å². The third kappa shape index (κ3) is 3.06. The fraction of sp³-hybridized carbons (Fsp3) is 0. The van der Waals surface area contributed by atoms with Crippen LogP contribution in [0.5, 0.6) is 0 Å². The summed E-state index contributed by atoms with van der Waals surface area (Å²) in [6.07, 6.45) is 0. The van der Waals surface area contributed by atoms with Crippen LogP contribution in [-0.2, 0) is 0 Å². The second-order valence-corrected chi connectivity index (χ2v) is 5.20. The summed E-state index contributed by atoms with van der Waals surface area (Å²) in [5, 5.41) is 21.6. The van der Waals surface area contributed by atoms with Crippen LogP contribution in [0.2, 0.25) is 5.02 Å². The van der Waals surface area contributed by atoms with Crippen molar-refractivity contribution in [2.75, 3.05) is 0 Å². The molecule has 0 radical (unpaired) electrons. The lowest BCUT2D eigenvalue weighted by Gasteiger charge is -2.05. The van der Waals surface area contributed by atoms with E-state index in [0.717, 1.165) is 22.7 Å². The Kier molecular flexibility index (Phi) is 4.21. The lowest BCUT2D eigenvalue weighted by Crippen LogP contribution is -1.95. The van der Waals surface area contributed by atoms with Crippen molar-refractivity contribution in [2.24, 2.45) is 0 Å². The molecule has 0 aliphatic heterocycles. The summed E-state index contributed by atoms with van der Waals surface area (Å²) in [6, 6.07) is 11.1. The molecule has 0 heterocycles. The van der Waals surface area contributed by atoms with Crippen LogP contribution in [0.1, 0.15) is 0 Å². The average Bonchev–Trinajstić information content (AvgIpc) is 2.41. The van der Waals surface area contributed by atoms with Crippen LogP contribution in [0.4, 0.5) is 11.4 Å². The molecular formula is C12H7ClN2O4S. The zero-order valence-corrected chi connectivity index (χ0v) is 11.4. The van der Waals surface area contributed by atoms with Crippen molar-refractivity contribution in [3.8, 4) is 0 Å². The Balaban J connectivity index is 2.51. The second-order valence-electron chi connectivity index (χ2n) is 3.71. The van der Waals surface area contributed by atoms with Gasteiger partial charge in [0.2, 0.25) is 0 Å². The van der Waals surface area contributed by atoms with Gasteiger partial charge in [0, 0.05) is 15.9 Å². The quantitative estimate of drug-likeness (QED) is 0.620. The van der Waals surface area contributed by atoms with Crippen molar-refractivity contribution in [2.45, 2.75) is 9.79 Å². The highest BCUT2D eigenvalue weighted by Crippen LogP contribution is 2.41. The van der Waals surface area contributed by atoms with Crippen molar-refractivity contribution in [3.63, 3.8) is 0 Å².